The monoisotopic (exact) mass is 324 g/mol. The highest BCUT2D eigenvalue weighted by molar-refractivity contribution is 6.12. The van der Waals surface area contributed by atoms with Crippen LogP contribution in [0.4, 0.5) is 5.69 Å². The molecule has 2 aromatic rings. The molecule has 1 unspecified atom stereocenters. The highest BCUT2D eigenvalue weighted by Gasteiger charge is 2.27. The summed E-state index contributed by atoms with van der Waals surface area (Å²) in [4.78, 5) is 35.0. The number of fused-ring (bicyclic) bond motifs is 2. The molecule has 122 valence electrons. The zero-order chi connectivity index (χ0) is 17.3. The van der Waals surface area contributed by atoms with Crippen LogP contribution in [0.25, 0.3) is 11.1 Å². The molecule has 0 saturated carbocycles. The Morgan fingerprint density at radius 2 is 1.75 bits per heavy atom. The van der Waals surface area contributed by atoms with Gasteiger partial charge in [0.25, 0.3) is 0 Å². The van der Waals surface area contributed by atoms with Gasteiger partial charge in [0.2, 0.25) is 0 Å². The number of rotatable bonds is 4. The minimum absolute atomic E-state index is 0.00238. The third-order valence-electron chi connectivity index (χ3n) is 3.99. The van der Waals surface area contributed by atoms with E-state index in [1.807, 2.05) is 0 Å². The van der Waals surface area contributed by atoms with Crippen LogP contribution in [-0.4, -0.2) is 35.2 Å². The lowest BCUT2D eigenvalue weighted by atomic mass is 9.95. The van der Waals surface area contributed by atoms with Crippen molar-refractivity contribution in [2.45, 2.75) is 12.5 Å². The number of ketones is 2. The first-order valence-corrected chi connectivity index (χ1v) is 7.49. The molecule has 0 spiro atoms. The van der Waals surface area contributed by atoms with Gasteiger partial charge in [-0.05, 0) is 29.3 Å². The van der Waals surface area contributed by atoms with Crippen LogP contribution in [0.15, 0.2) is 42.5 Å². The van der Waals surface area contributed by atoms with Crippen molar-refractivity contribution in [1.82, 2.24) is 0 Å². The van der Waals surface area contributed by atoms with E-state index in [2.05, 4.69) is 5.32 Å². The molecule has 2 aromatic carbocycles. The lowest BCUT2D eigenvalue weighted by molar-refractivity contribution is -0.134. The number of hydrogen-bond donors (Lipinski definition) is 3. The number of carboxylic acid groups (broad SMARTS) is 1. The fraction of sp³-hybridized carbons (Fsp3) is 0.167. The molecule has 6 nitrogen and oxygen atoms in total. The van der Waals surface area contributed by atoms with E-state index in [1.165, 1.54) is 0 Å². The van der Waals surface area contributed by atoms with E-state index in [4.69, 9.17) is 10.8 Å². The summed E-state index contributed by atoms with van der Waals surface area (Å²) in [5.41, 5.74) is 8.92. The fourth-order valence-corrected chi connectivity index (χ4v) is 2.74. The number of nitrogens with two attached hydrogens (primary N) is 1. The van der Waals surface area contributed by atoms with E-state index in [-0.39, 0.29) is 24.5 Å². The summed E-state index contributed by atoms with van der Waals surface area (Å²) in [5.74, 6) is -1.32. The van der Waals surface area contributed by atoms with Crippen molar-refractivity contribution in [1.29, 1.82) is 0 Å². The fourth-order valence-electron chi connectivity index (χ4n) is 2.74. The Balaban J connectivity index is 1.93. The average molecular weight is 324 g/mol. The van der Waals surface area contributed by atoms with Crippen molar-refractivity contribution in [2.75, 3.05) is 11.9 Å². The van der Waals surface area contributed by atoms with Crippen molar-refractivity contribution in [3.05, 3.63) is 53.6 Å². The summed E-state index contributed by atoms with van der Waals surface area (Å²) in [6.45, 7) is -0.169. The molecule has 0 aliphatic heterocycles. The predicted molar refractivity (Wildman–Crippen MR) is 89.3 cm³/mol. The molecule has 6 heteroatoms. The molecule has 0 aromatic heterocycles. The minimum atomic E-state index is -0.943. The molecule has 24 heavy (non-hydrogen) atoms. The van der Waals surface area contributed by atoms with Gasteiger partial charge >= 0.3 is 5.97 Å². The van der Waals surface area contributed by atoms with Crippen LogP contribution in [0.3, 0.4) is 0 Å². The second-order valence-corrected chi connectivity index (χ2v) is 5.68. The molecule has 1 atom stereocenters. The topological polar surface area (TPSA) is 109 Å². The first-order chi connectivity index (χ1) is 11.5. The van der Waals surface area contributed by atoms with Crippen molar-refractivity contribution in [2.24, 2.45) is 5.73 Å². The van der Waals surface area contributed by atoms with Crippen LogP contribution in [-0.2, 0) is 4.79 Å². The smallest absolute Gasteiger partial charge is 0.322 e. The molecule has 1 aliphatic carbocycles. The number of carbonyl (C=O) groups is 3. The van der Waals surface area contributed by atoms with Gasteiger partial charge in [-0.1, -0.05) is 24.3 Å². The molecule has 0 saturated heterocycles. The van der Waals surface area contributed by atoms with Crippen LogP contribution in [0, 0.1) is 0 Å². The van der Waals surface area contributed by atoms with Gasteiger partial charge in [-0.2, -0.15) is 0 Å². The summed E-state index contributed by atoms with van der Waals surface area (Å²) in [6.07, 6.45) is -0.00238. The van der Waals surface area contributed by atoms with E-state index in [0.717, 1.165) is 11.1 Å². The first-order valence-electron chi connectivity index (χ1n) is 7.49. The maximum atomic E-state index is 12.4. The average Bonchev–Trinajstić information content (AvgIpc) is 2.65. The van der Waals surface area contributed by atoms with E-state index in [0.29, 0.717) is 16.8 Å². The Morgan fingerprint density at radius 3 is 2.42 bits per heavy atom. The summed E-state index contributed by atoms with van der Waals surface area (Å²) in [7, 11) is 0. The summed E-state index contributed by atoms with van der Waals surface area (Å²) in [6, 6.07) is 11.3. The Bertz CT molecular complexity index is 827. The number of aliphatic carboxylic acids is 1. The van der Waals surface area contributed by atoms with Crippen LogP contribution in [0.5, 0.6) is 0 Å². The number of carboxylic acids is 1. The molecule has 0 fully saturated rings. The first kappa shape index (κ1) is 15.9. The van der Waals surface area contributed by atoms with Gasteiger partial charge in [-0.3, -0.25) is 14.4 Å². The van der Waals surface area contributed by atoms with Gasteiger partial charge in [-0.25, -0.2) is 0 Å². The van der Waals surface area contributed by atoms with Gasteiger partial charge in [0, 0.05) is 23.2 Å². The minimum Gasteiger partial charge on any atom is -0.480 e. The predicted octanol–water partition coefficient (Wildman–Crippen LogP) is 1.95. The molecule has 0 heterocycles. The molecule has 1 aliphatic rings. The number of nitrogens with one attached hydrogen (secondary N) is 1. The SMILES string of the molecule is NC1CC(=O)c2cc(ccc2-c2ccc(NCC(=O)O)cc2)C1=O. The Morgan fingerprint density at radius 1 is 1.08 bits per heavy atom. The Hall–Kier alpha value is -2.99. The number of Topliss-reactive ketones (excluding diaryl/α,β-unsaturated/α-hetero) is 2. The third kappa shape index (κ3) is 3.04. The van der Waals surface area contributed by atoms with Crippen LogP contribution < -0.4 is 11.1 Å². The summed E-state index contributed by atoms with van der Waals surface area (Å²) < 4.78 is 0. The zero-order valence-electron chi connectivity index (χ0n) is 12.8. The van der Waals surface area contributed by atoms with Crippen LogP contribution in [0.1, 0.15) is 27.1 Å². The van der Waals surface area contributed by atoms with E-state index >= 15 is 0 Å². The summed E-state index contributed by atoms with van der Waals surface area (Å²) >= 11 is 0. The second-order valence-electron chi connectivity index (χ2n) is 5.68. The van der Waals surface area contributed by atoms with Crippen molar-refractivity contribution in [3.8, 4) is 11.1 Å². The highest BCUT2D eigenvalue weighted by atomic mass is 16.4. The molecule has 0 radical (unpaired) electrons. The van der Waals surface area contributed by atoms with Gasteiger partial charge in [0.15, 0.2) is 11.6 Å². The lowest BCUT2D eigenvalue weighted by Gasteiger charge is -2.09. The van der Waals surface area contributed by atoms with Gasteiger partial charge < -0.3 is 16.2 Å². The van der Waals surface area contributed by atoms with E-state index in [9.17, 15) is 14.4 Å². The van der Waals surface area contributed by atoms with Crippen molar-refractivity contribution < 1.29 is 19.5 Å². The molecule has 0 amide bonds. The van der Waals surface area contributed by atoms with Gasteiger partial charge in [-0.15, -0.1) is 0 Å². The molecular formula is C18H16N2O4. The molecule has 2 bridgehead atoms. The largest absolute Gasteiger partial charge is 0.480 e. The number of hydrogen-bond acceptors (Lipinski definition) is 5. The standard InChI is InChI=1S/C18H16N2O4/c19-15-8-16(21)14-7-11(18(15)24)3-6-13(14)10-1-4-12(5-2-10)20-9-17(22)23/h1-7,15,20H,8-9,19H2,(H,22,23). The molecular weight excluding hydrogens is 308 g/mol. The van der Waals surface area contributed by atoms with Crippen molar-refractivity contribution >= 4 is 23.2 Å². The maximum Gasteiger partial charge on any atom is 0.322 e. The maximum absolute atomic E-state index is 12.4. The Labute approximate surface area is 138 Å². The number of carbonyl (C=O) groups excluding carboxylic acids is 2. The lowest BCUT2D eigenvalue weighted by Crippen LogP contribution is -2.31. The number of anilines is 1. The van der Waals surface area contributed by atoms with Crippen LogP contribution >= 0.6 is 0 Å². The quantitative estimate of drug-likeness (QED) is 0.793. The molecule has 4 N–H and O–H groups in total. The van der Waals surface area contributed by atoms with E-state index in [1.54, 1.807) is 42.5 Å². The van der Waals surface area contributed by atoms with Gasteiger partial charge in [0.05, 0.1) is 6.04 Å². The number of benzene rings is 2. The third-order valence-corrected chi connectivity index (χ3v) is 3.99. The molecule has 3 rings (SSSR count). The Kier molecular flexibility index (Phi) is 4.14. The van der Waals surface area contributed by atoms with Crippen LogP contribution in [0.2, 0.25) is 0 Å². The van der Waals surface area contributed by atoms with Gasteiger partial charge in [0.1, 0.15) is 6.54 Å². The normalized spacial score (nSPS) is 16.6. The van der Waals surface area contributed by atoms with Crippen molar-refractivity contribution in [3.63, 3.8) is 0 Å². The zero-order valence-corrected chi connectivity index (χ0v) is 12.8. The summed E-state index contributed by atoms with van der Waals surface area (Å²) in [5, 5.41) is 11.4. The second kappa shape index (κ2) is 6.25. The van der Waals surface area contributed by atoms with E-state index < -0.39 is 12.0 Å². The highest BCUT2D eigenvalue weighted by Crippen LogP contribution is 2.29.